The van der Waals surface area contributed by atoms with Crippen molar-refractivity contribution in [3.8, 4) is 0 Å². The average molecular weight is 313 g/mol. The molecule has 0 spiro atoms. The minimum atomic E-state index is -0.946. The predicted octanol–water partition coefficient (Wildman–Crippen LogP) is 3.48. The minimum absolute atomic E-state index is 0.163. The van der Waals surface area contributed by atoms with E-state index in [0.717, 1.165) is 23.0 Å². The van der Waals surface area contributed by atoms with Crippen LogP contribution in [0.1, 0.15) is 10.4 Å². The molecular weight excluding hydrogens is 301 g/mol. The largest absolute Gasteiger partial charge is 0.350 e. The zero-order chi connectivity index (χ0) is 16.6. The van der Waals surface area contributed by atoms with Crippen molar-refractivity contribution in [2.24, 2.45) is 7.05 Å². The average Bonchev–Trinajstić information content (AvgIpc) is 2.87. The lowest BCUT2D eigenvalue weighted by Crippen LogP contribution is -2.11. The number of carbonyl (C=O) groups is 1. The SMILES string of the molecule is Cn1cc(C(=O)Nc2ccc(F)c([N+](=O)[O-])c2)c2ccccc21. The highest BCUT2D eigenvalue weighted by Gasteiger charge is 2.17. The fourth-order valence-electron chi connectivity index (χ4n) is 2.45. The molecule has 7 heteroatoms. The van der Waals surface area contributed by atoms with Crippen LogP contribution < -0.4 is 5.32 Å². The van der Waals surface area contributed by atoms with Crippen molar-refractivity contribution in [3.05, 3.63) is 70.2 Å². The van der Waals surface area contributed by atoms with E-state index in [9.17, 15) is 19.3 Å². The van der Waals surface area contributed by atoms with E-state index < -0.39 is 22.3 Å². The van der Waals surface area contributed by atoms with Gasteiger partial charge >= 0.3 is 5.69 Å². The summed E-state index contributed by atoms with van der Waals surface area (Å²) >= 11 is 0. The Morgan fingerprint density at radius 3 is 2.74 bits per heavy atom. The smallest absolute Gasteiger partial charge is 0.306 e. The Morgan fingerprint density at radius 2 is 2.00 bits per heavy atom. The third kappa shape index (κ3) is 2.64. The van der Waals surface area contributed by atoms with E-state index in [1.165, 1.54) is 6.07 Å². The van der Waals surface area contributed by atoms with Gasteiger partial charge in [0.2, 0.25) is 5.82 Å². The van der Waals surface area contributed by atoms with E-state index in [1.54, 1.807) is 6.20 Å². The van der Waals surface area contributed by atoms with Crippen molar-refractivity contribution in [1.82, 2.24) is 4.57 Å². The fourth-order valence-corrected chi connectivity index (χ4v) is 2.45. The number of hydrogen-bond acceptors (Lipinski definition) is 3. The van der Waals surface area contributed by atoms with Gasteiger partial charge < -0.3 is 9.88 Å². The number of rotatable bonds is 3. The first-order chi connectivity index (χ1) is 11.0. The first kappa shape index (κ1) is 14.7. The van der Waals surface area contributed by atoms with E-state index in [2.05, 4.69) is 5.32 Å². The van der Waals surface area contributed by atoms with Crippen LogP contribution in [0.2, 0.25) is 0 Å². The Kier molecular flexibility index (Phi) is 3.53. The van der Waals surface area contributed by atoms with E-state index in [1.807, 2.05) is 35.9 Å². The van der Waals surface area contributed by atoms with Crippen molar-refractivity contribution in [1.29, 1.82) is 0 Å². The molecular formula is C16H12FN3O3. The maximum absolute atomic E-state index is 13.3. The van der Waals surface area contributed by atoms with Crippen molar-refractivity contribution < 1.29 is 14.1 Å². The van der Waals surface area contributed by atoms with Crippen LogP contribution in [0.15, 0.2) is 48.7 Å². The lowest BCUT2D eigenvalue weighted by atomic mass is 10.1. The van der Waals surface area contributed by atoms with Gasteiger partial charge in [-0.2, -0.15) is 4.39 Å². The summed E-state index contributed by atoms with van der Waals surface area (Å²) in [6.45, 7) is 0. The monoisotopic (exact) mass is 313 g/mol. The molecule has 0 aliphatic rings. The predicted molar refractivity (Wildman–Crippen MR) is 83.9 cm³/mol. The normalized spacial score (nSPS) is 10.7. The van der Waals surface area contributed by atoms with Gasteiger partial charge in [-0.3, -0.25) is 14.9 Å². The number of carbonyl (C=O) groups excluding carboxylic acids is 1. The molecule has 1 heterocycles. The van der Waals surface area contributed by atoms with Crippen LogP contribution in [0.3, 0.4) is 0 Å². The van der Waals surface area contributed by atoms with Gasteiger partial charge in [0.1, 0.15) is 0 Å². The molecule has 0 aliphatic carbocycles. The maximum Gasteiger partial charge on any atom is 0.306 e. The van der Waals surface area contributed by atoms with Gasteiger partial charge in [-0.15, -0.1) is 0 Å². The molecule has 0 bridgehead atoms. The fraction of sp³-hybridized carbons (Fsp3) is 0.0625. The van der Waals surface area contributed by atoms with Crippen molar-refractivity contribution >= 4 is 28.2 Å². The van der Waals surface area contributed by atoms with Crippen LogP contribution in [0, 0.1) is 15.9 Å². The number of benzene rings is 2. The number of nitrogens with one attached hydrogen (secondary N) is 1. The topological polar surface area (TPSA) is 77.2 Å². The Bertz CT molecular complexity index is 933. The molecule has 3 aromatic rings. The second-order valence-corrected chi connectivity index (χ2v) is 5.05. The number of aromatic nitrogens is 1. The molecule has 1 N–H and O–H groups in total. The first-order valence-corrected chi connectivity index (χ1v) is 6.76. The number of nitro benzene ring substituents is 1. The van der Waals surface area contributed by atoms with Crippen LogP contribution in [0.25, 0.3) is 10.9 Å². The summed E-state index contributed by atoms with van der Waals surface area (Å²) in [7, 11) is 1.82. The molecule has 0 saturated carbocycles. The van der Waals surface area contributed by atoms with Crippen molar-refractivity contribution in [2.75, 3.05) is 5.32 Å². The lowest BCUT2D eigenvalue weighted by Gasteiger charge is -2.04. The lowest BCUT2D eigenvalue weighted by molar-refractivity contribution is -0.387. The summed E-state index contributed by atoms with van der Waals surface area (Å²) in [5.41, 5.74) is 0.814. The molecule has 0 saturated heterocycles. The minimum Gasteiger partial charge on any atom is -0.350 e. The number of nitro groups is 1. The molecule has 0 atom stereocenters. The number of hydrogen-bond donors (Lipinski definition) is 1. The Morgan fingerprint density at radius 1 is 1.26 bits per heavy atom. The van der Waals surface area contributed by atoms with Gasteiger partial charge in [-0.05, 0) is 18.2 Å². The zero-order valence-corrected chi connectivity index (χ0v) is 12.1. The molecule has 3 rings (SSSR count). The molecule has 2 aromatic carbocycles. The standard InChI is InChI=1S/C16H12FN3O3/c1-19-9-12(11-4-2-3-5-14(11)19)16(21)18-10-6-7-13(17)15(8-10)20(22)23/h2-9H,1H3,(H,18,21). The quantitative estimate of drug-likeness (QED) is 0.594. The Labute approximate surface area is 130 Å². The Hall–Kier alpha value is -3.22. The second-order valence-electron chi connectivity index (χ2n) is 5.05. The molecule has 0 unspecified atom stereocenters. The number of halogens is 1. The molecule has 1 aromatic heterocycles. The number of aryl methyl sites for hydroxylation is 1. The zero-order valence-electron chi connectivity index (χ0n) is 12.1. The number of para-hydroxylation sites is 1. The highest BCUT2D eigenvalue weighted by atomic mass is 19.1. The van der Waals surface area contributed by atoms with Gasteiger partial charge in [-0.25, -0.2) is 0 Å². The molecule has 0 aliphatic heterocycles. The van der Waals surface area contributed by atoms with Gasteiger partial charge in [-0.1, -0.05) is 18.2 Å². The van der Waals surface area contributed by atoms with Crippen molar-refractivity contribution in [3.63, 3.8) is 0 Å². The van der Waals surface area contributed by atoms with Crippen LogP contribution in [0.5, 0.6) is 0 Å². The number of anilines is 1. The summed E-state index contributed by atoms with van der Waals surface area (Å²) < 4.78 is 15.2. The maximum atomic E-state index is 13.3. The first-order valence-electron chi connectivity index (χ1n) is 6.76. The number of nitrogens with zero attached hydrogens (tertiary/aromatic N) is 2. The molecule has 6 nitrogen and oxygen atoms in total. The number of amides is 1. The molecule has 0 radical (unpaired) electrons. The third-order valence-electron chi connectivity index (χ3n) is 3.54. The molecule has 1 amide bonds. The van der Waals surface area contributed by atoms with E-state index >= 15 is 0 Å². The third-order valence-corrected chi connectivity index (χ3v) is 3.54. The molecule has 116 valence electrons. The summed E-state index contributed by atoms with van der Waals surface area (Å²) in [5, 5.41) is 14.1. The summed E-state index contributed by atoms with van der Waals surface area (Å²) in [4.78, 5) is 22.3. The van der Waals surface area contributed by atoms with Crippen LogP contribution in [-0.4, -0.2) is 15.4 Å². The van der Waals surface area contributed by atoms with Gasteiger partial charge in [0.05, 0.1) is 10.5 Å². The Balaban J connectivity index is 1.95. The highest BCUT2D eigenvalue weighted by Crippen LogP contribution is 2.24. The van der Waals surface area contributed by atoms with Crippen molar-refractivity contribution in [2.45, 2.75) is 0 Å². The molecule has 0 fully saturated rings. The number of fused-ring (bicyclic) bond motifs is 1. The van der Waals surface area contributed by atoms with Gasteiger partial charge in [0.15, 0.2) is 0 Å². The second kappa shape index (κ2) is 5.53. The summed E-state index contributed by atoms with van der Waals surface area (Å²) in [6.07, 6.45) is 1.68. The van der Waals surface area contributed by atoms with Gasteiger partial charge in [0.25, 0.3) is 5.91 Å². The van der Waals surface area contributed by atoms with Crippen LogP contribution in [-0.2, 0) is 7.05 Å². The van der Waals surface area contributed by atoms with E-state index in [-0.39, 0.29) is 5.69 Å². The van der Waals surface area contributed by atoms with Crippen LogP contribution >= 0.6 is 0 Å². The van der Waals surface area contributed by atoms with E-state index in [0.29, 0.717) is 5.56 Å². The highest BCUT2D eigenvalue weighted by molar-refractivity contribution is 6.13. The van der Waals surface area contributed by atoms with Crippen LogP contribution in [0.4, 0.5) is 15.8 Å². The summed E-state index contributed by atoms with van der Waals surface area (Å²) in [5.74, 6) is -1.36. The summed E-state index contributed by atoms with van der Waals surface area (Å²) in [6, 6.07) is 10.6. The van der Waals surface area contributed by atoms with E-state index in [4.69, 9.17) is 0 Å². The van der Waals surface area contributed by atoms with Gasteiger partial charge in [0, 0.05) is 35.9 Å². The molecule has 23 heavy (non-hydrogen) atoms.